The van der Waals surface area contributed by atoms with Crippen molar-refractivity contribution in [3.63, 3.8) is 0 Å². The van der Waals surface area contributed by atoms with Crippen LogP contribution in [0.4, 0.5) is 0 Å². The predicted octanol–water partition coefficient (Wildman–Crippen LogP) is 4.73. The summed E-state index contributed by atoms with van der Waals surface area (Å²) in [5.41, 5.74) is 1.66. The fraction of sp³-hybridized carbons (Fsp3) is 0.800. The van der Waals surface area contributed by atoms with Crippen molar-refractivity contribution in [3.05, 3.63) is 23.8 Å². The molecule has 24 heavy (non-hydrogen) atoms. The molecule has 0 aromatic heterocycles. The number of hydrogen-bond acceptors (Lipinski definition) is 3. The fourth-order valence-corrected chi connectivity index (χ4v) is 9.89. The molecule has 0 radical (unpaired) electrons. The van der Waals surface area contributed by atoms with Crippen molar-refractivity contribution in [1.82, 2.24) is 0 Å². The van der Waals surface area contributed by atoms with E-state index in [-0.39, 0.29) is 5.04 Å². The van der Waals surface area contributed by atoms with Crippen molar-refractivity contribution in [3.8, 4) is 0 Å². The Morgan fingerprint density at radius 2 is 1.71 bits per heavy atom. The summed E-state index contributed by atoms with van der Waals surface area (Å²) in [5.74, 6) is 2.98. The third-order valence-electron chi connectivity index (χ3n) is 6.79. The van der Waals surface area contributed by atoms with Crippen LogP contribution < -0.4 is 0 Å². The molecule has 0 N–H and O–H groups in total. The summed E-state index contributed by atoms with van der Waals surface area (Å²) in [6.07, 6.45) is 13.9. The highest BCUT2D eigenvalue weighted by molar-refractivity contribution is 6.65. The van der Waals surface area contributed by atoms with Crippen LogP contribution in [-0.4, -0.2) is 28.6 Å². The number of fused-ring (bicyclic) bond motifs is 4. The lowest BCUT2D eigenvalue weighted by atomic mass is 9.79. The molecule has 2 fully saturated rings. The standard InChI is InChI=1S/C20H32O3Si/c1-4-21-24(22-5-2,23-6-3)20-10-9-16(14-20)13-19(20)18-12-15-7-8-17(18)11-15/h7-8,13,15-18H,4-6,9-12,14H2,1-3H3. The first-order chi connectivity index (χ1) is 11.7. The Kier molecular flexibility index (Phi) is 4.53. The lowest BCUT2D eigenvalue weighted by molar-refractivity contribution is 0.0477. The zero-order valence-corrected chi connectivity index (χ0v) is 16.4. The van der Waals surface area contributed by atoms with Gasteiger partial charge in [-0.2, -0.15) is 0 Å². The van der Waals surface area contributed by atoms with Crippen LogP contribution in [-0.2, 0) is 13.3 Å². The zero-order valence-electron chi connectivity index (χ0n) is 15.4. The highest BCUT2D eigenvalue weighted by Crippen LogP contribution is 2.69. The Bertz CT molecular complexity index is 526. The van der Waals surface area contributed by atoms with Gasteiger partial charge in [0.05, 0.1) is 5.04 Å². The average molecular weight is 349 g/mol. The molecule has 5 atom stereocenters. The highest BCUT2D eigenvalue weighted by Gasteiger charge is 2.68. The first-order valence-electron chi connectivity index (χ1n) is 10.0. The minimum absolute atomic E-state index is 0.0582. The third kappa shape index (κ3) is 2.33. The second-order valence-corrected chi connectivity index (χ2v) is 10.9. The summed E-state index contributed by atoms with van der Waals surface area (Å²) in [6.45, 7) is 8.30. The topological polar surface area (TPSA) is 27.7 Å². The van der Waals surface area contributed by atoms with Crippen molar-refractivity contribution < 1.29 is 13.3 Å². The monoisotopic (exact) mass is 348 g/mol. The van der Waals surface area contributed by atoms with E-state index in [9.17, 15) is 0 Å². The van der Waals surface area contributed by atoms with Crippen LogP contribution in [0.3, 0.4) is 0 Å². The minimum atomic E-state index is -2.72. The molecule has 4 bridgehead atoms. The fourth-order valence-electron chi connectivity index (χ4n) is 6.08. The molecule has 5 unspecified atom stereocenters. The number of hydrogen-bond donors (Lipinski definition) is 0. The summed E-state index contributed by atoms with van der Waals surface area (Å²) in [7, 11) is -2.72. The summed E-state index contributed by atoms with van der Waals surface area (Å²) in [6, 6.07) is 0. The van der Waals surface area contributed by atoms with Gasteiger partial charge in [0.25, 0.3) is 0 Å². The van der Waals surface area contributed by atoms with Crippen molar-refractivity contribution in [2.75, 3.05) is 19.8 Å². The van der Waals surface area contributed by atoms with E-state index < -0.39 is 8.80 Å². The van der Waals surface area contributed by atoms with E-state index in [0.717, 1.165) is 17.8 Å². The van der Waals surface area contributed by atoms with Crippen LogP contribution in [0.15, 0.2) is 23.8 Å². The van der Waals surface area contributed by atoms with Gasteiger partial charge in [0.1, 0.15) is 0 Å². The zero-order chi connectivity index (χ0) is 16.8. The molecular formula is C20H32O3Si. The molecular weight excluding hydrogens is 316 g/mol. The van der Waals surface area contributed by atoms with Gasteiger partial charge in [0, 0.05) is 19.8 Å². The van der Waals surface area contributed by atoms with Gasteiger partial charge >= 0.3 is 8.80 Å². The van der Waals surface area contributed by atoms with Gasteiger partial charge in [-0.05, 0) is 76.5 Å². The van der Waals surface area contributed by atoms with Crippen molar-refractivity contribution in [1.29, 1.82) is 0 Å². The lowest BCUT2D eigenvalue weighted by Crippen LogP contribution is -2.57. The second-order valence-electron chi connectivity index (χ2n) is 7.95. The van der Waals surface area contributed by atoms with Crippen molar-refractivity contribution in [2.24, 2.45) is 23.7 Å². The van der Waals surface area contributed by atoms with E-state index in [4.69, 9.17) is 13.3 Å². The highest BCUT2D eigenvalue weighted by atomic mass is 28.4. The number of rotatable bonds is 8. The molecule has 0 aromatic carbocycles. The average Bonchev–Trinajstić information content (AvgIpc) is 3.34. The molecule has 0 saturated heterocycles. The first kappa shape index (κ1) is 17.0. The Balaban J connectivity index is 1.72. The molecule has 4 aliphatic carbocycles. The smallest absolute Gasteiger partial charge is 0.373 e. The Morgan fingerprint density at radius 3 is 2.21 bits per heavy atom. The lowest BCUT2D eigenvalue weighted by Gasteiger charge is -2.46. The largest absolute Gasteiger partial charge is 0.511 e. The van der Waals surface area contributed by atoms with E-state index in [1.165, 1.54) is 32.1 Å². The quantitative estimate of drug-likeness (QED) is 0.469. The summed E-state index contributed by atoms with van der Waals surface area (Å²) >= 11 is 0. The van der Waals surface area contributed by atoms with Crippen LogP contribution in [0, 0.1) is 23.7 Å². The van der Waals surface area contributed by atoms with Gasteiger partial charge in [-0.3, -0.25) is 0 Å². The first-order valence-corrected chi connectivity index (χ1v) is 11.7. The van der Waals surface area contributed by atoms with Crippen LogP contribution in [0.2, 0.25) is 5.04 Å². The second kappa shape index (κ2) is 6.38. The van der Waals surface area contributed by atoms with Gasteiger partial charge in [-0.1, -0.05) is 23.8 Å². The molecule has 2 saturated carbocycles. The van der Waals surface area contributed by atoms with Gasteiger partial charge < -0.3 is 13.3 Å². The maximum atomic E-state index is 6.42. The molecule has 4 rings (SSSR count). The third-order valence-corrected chi connectivity index (χ3v) is 10.7. The minimum Gasteiger partial charge on any atom is -0.373 e. The molecule has 4 aliphatic rings. The Hall–Kier alpha value is -0.423. The summed E-state index contributed by atoms with van der Waals surface area (Å²) in [5, 5.41) is 0.0582. The van der Waals surface area contributed by atoms with E-state index in [1.807, 2.05) is 0 Å². The van der Waals surface area contributed by atoms with E-state index in [1.54, 1.807) is 5.57 Å². The Labute approximate surface area is 147 Å². The van der Waals surface area contributed by atoms with Crippen molar-refractivity contribution in [2.45, 2.75) is 57.9 Å². The number of allylic oxidation sites excluding steroid dienone is 4. The molecule has 0 aromatic rings. The van der Waals surface area contributed by atoms with Crippen molar-refractivity contribution >= 4 is 8.80 Å². The van der Waals surface area contributed by atoms with E-state index in [0.29, 0.717) is 25.7 Å². The normalized spacial score (nSPS) is 39.9. The van der Waals surface area contributed by atoms with Crippen LogP contribution in [0.5, 0.6) is 0 Å². The molecule has 0 amide bonds. The predicted molar refractivity (Wildman–Crippen MR) is 97.6 cm³/mol. The van der Waals surface area contributed by atoms with Crippen LogP contribution in [0.1, 0.15) is 52.9 Å². The molecule has 4 heteroatoms. The van der Waals surface area contributed by atoms with Gasteiger partial charge in [-0.25, -0.2) is 0 Å². The summed E-state index contributed by atoms with van der Waals surface area (Å²) < 4.78 is 19.3. The molecule has 0 heterocycles. The van der Waals surface area contributed by atoms with E-state index >= 15 is 0 Å². The van der Waals surface area contributed by atoms with Crippen LogP contribution >= 0.6 is 0 Å². The van der Waals surface area contributed by atoms with Gasteiger partial charge in [-0.15, -0.1) is 0 Å². The van der Waals surface area contributed by atoms with Gasteiger partial charge in [0.15, 0.2) is 0 Å². The van der Waals surface area contributed by atoms with E-state index in [2.05, 4.69) is 39.0 Å². The Morgan fingerprint density at radius 1 is 1.00 bits per heavy atom. The summed E-state index contributed by atoms with van der Waals surface area (Å²) in [4.78, 5) is 0. The maximum absolute atomic E-state index is 6.42. The molecule has 0 aliphatic heterocycles. The molecule has 0 spiro atoms. The maximum Gasteiger partial charge on any atom is 0.511 e. The molecule has 3 nitrogen and oxygen atoms in total. The van der Waals surface area contributed by atoms with Gasteiger partial charge in [0.2, 0.25) is 0 Å². The molecule has 134 valence electrons. The SMILES string of the molecule is CCO[Si](OCC)(OCC)C12CCC(C=C1C1CC3C=CC1C3)C2. The van der Waals surface area contributed by atoms with Crippen LogP contribution in [0.25, 0.3) is 0 Å².